The minimum absolute atomic E-state index is 0.241. The highest BCUT2D eigenvalue weighted by Gasteiger charge is 2.30. The highest BCUT2D eigenvalue weighted by atomic mass is 19.4. The van der Waals surface area contributed by atoms with Crippen LogP contribution >= 0.6 is 0 Å². The summed E-state index contributed by atoms with van der Waals surface area (Å²) in [6.45, 7) is 0.241. The van der Waals surface area contributed by atoms with Crippen molar-refractivity contribution in [2.45, 2.75) is 12.7 Å². The van der Waals surface area contributed by atoms with Crippen molar-refractivity contribution in [1.29, 1.82) is 0 Å². The zero-order chi connectivity index (χ0) is 14.9. The number of benzene rings is 1. The molecule has 3 rings (SSSR count). The van der Waals surface area contributed by atoms with Gasteiger partial charge in [-0.05, 0) is 29.8 Å². The highest BCUT2D eigenvalue weighted by molar-refractivity contribution is 5.43. The molecule has 0 unspecified atom stereocenters. The van der Waals surface area contributed by atoms with E-state index in [4.69, 9.17) is 0 Å². The van der Waals surface area contributed by atoms with Gasteiger partial charge >= 0.3 is 6.18 Å². The SMILES string of the molecule is FC(F)(F)c1cccc(CNc2ccc3nncn3n2)c1. The third-order valence-electron chi connectivity index (χ3n) is 2.89. The molecule has 0 aliphatic carbocycles. The lowest BCUT2D eigenvalue weighted by Gasteiger charge is -2.09. The lowest BCUT2D eigenvalue weighted by molar-refractivity contribution is -0.137. The van der Waals surface area contributed by atoms with Crippen LogP contribution in [0.25, 0.3) is 5.65 Å². The molecule has 1 N–H and O–H groups in total. The zero-order valence-corrected chi connectivity index (χ0v) is 10.7. The monoisotopic (exact) mass is 293 g/mol. The molecule has 2 heterocycles. The number of anilines is 1. The summed E-state index contributed by atoms with van der Waals surface area (Å²) in [5.74, 6) is 0.528. The van der Waals surface area contributed by atoms with E-state index >= 15 is 0 Å². The second-order valence-electron chi connectivity index (χ2n) is 4.40. The summed E-state index contributed by atoms with van der Waals surface area (Å²) in [6, 6.07) is 8.58. The average Bonchev–Trinajstić information content (AvgIpc) is 2.92. The van der Waals surface area contributed by atoms with Gasteiger partial charge in [0.25, 0.3) is 0 Å². The van der Waals surface area contributed by atoms with Crippen LogP contribution in [-0.4, -0.2) is 19.8 Å². The Morgan fingerprint density at radius 2 is 2.00 bits per heavy atom. The van der Waals surface area contributed by atoms with Gasteiger partial charge in [-0.1, -0.05) is 12.1 Å². The van der Waals surface area contributed by atoms with Gasteiger partial charge in [0.05, 0.1) is 5.56 Å². The van der Waals surface area contributed by atoms with Crippen LogP contribution in [0.4, 0.5) is 19.0 Å². The molecule has 1 aromatic carbocycles. The third-order valence-corrected chi connectivity index (χ3v) is 2.89. The molecule has 0 amide bonds. The topological polar surface area (TPSA) is 55.1 Å². The van der Waals surface area contributed by atoms with Gasteiger partial charge in [-0.2, -0.15) is 17.7 Å². The lowest BCUT2D eigenvalue weighted by atomic mass is 10.1. The molecule has 0 aliphatic heterocycles. The predicted octanol–water partition coefficient (Wildman–Crippen LogP) is 2.76. The van der Waals surface area contributed by atoms with Crippen LogP contribution in [0.2, 0.25) is 0 Å². The Morgan fingerprint density at radius 3 is 2.81 bits per heavy atom. The molecule has 2 aromatic heterocycles. The molecule has 0 aliphatic rings. The van der Waals surface area contributed by atoms with Crippen LogP contribution in [0.15, 0.2) is 42.7 Å². The number of rotatable bonds is 3. The highest BCUT2D eigenvalue weighted by Crippen LogP contribution is 2.29. The van der Waals surface area contributed by atoms with Crippen LogP contribution in [-0.2, 0) is 12.7 Å². The summed E-state index contributed by atoms with van der Waals surface area (Å²) < 4.78 is 39.3. The van der Waals surface area contributed by atoms with E-state index < -0.39 is 11.7 Å². The molecule has 0 radical (unpaired) electrons. The molecule has 0 atom stereocenters. The van der Waals surface area contributed by atoms with Crippen LogP contribution in [0.3, 0.4) is 0 Å². The maximum Gasteiger partial charge on any atom is 0.416 e. The maximum atomic E-state index is 12.6. The lowest BCUT2D eigenvalue weighted by Crippen LogP contribution is -2.07. The Kier molecular flexibility index (Phi) is 3.20. The Balaban J connectivity index is 1.75. The van der Waals surface area contributed by atoms with Gasteiger partial charge in [-0.25, -0.2) is 0 Å². The fourth-order valence-corrected chi connectivity index (χ4v) is 1.87. The molecular formula is C13H10F3N5. The number of alkyl halides is 3. The quantitative estimate of drug-likeness (QED) is 0.806. The minimum atomic E-state index is -4.34. The first-order chi connectivity index (χ1) is 10.0. The zero-order valence-electron chi connectivity index (χ0n) is 10.7. The number of nitrogens with one attached hydrogen (secondary N) is 1. The van der Waals surface area contributed by atoms with Gasteiger partial charge in [0.2, 0.25) is 0 Å². The van der Waals surface area contributed by atoms with Gasteiger partial charge in [-0.3, -0.25) is 0 Å². The molecule has 0 bridgehead atoms. The Hall–Kier alpha value is -2.64. The summed E-state index contributed by atoms with van der Waals surface area (Å²) >= 11 is 0. The number of nitrogens with zero attached hydrogens (tertiary/aromatic N) is 4. The molecule has 0 saturated heterocycles. The van der Waals surface area contributed by atoms with E-state index in [2.05, 4.69) is 20.6 Å². The standard InChI is InChI=1S/C13H10F3N5/c14-13(15,16)10-3-1-2-9(6-10)7-17-11-4-5-12-19-18-8-21(12)20-11/h1-6,8H,7H2,(H,17,20). The van der Waals surface area contributed by atoms with Crippen LogP contribution in [0.1, 0.15) is 11.1 Å². The summed E-state index contributed by atoms with van der Waals surface area (Å²) in [5.41, 5.74) is 0.458. The van der Waals surface area contributed by atoms with Crippen LogP contribution in [0, 0.1) is 0 Å². The van der Waals surface area contributed by atoms with Crippen LogP contribution < -0.4 is 5.32 Å². The van der Waals surface area contributed by atoms with Crippen molar-refractivity contribution in [3.05, 3.63) is 53.9 Å². The molecule has 3 aromatic rings. The van der Waals surface area contributed by atoms with E-state index in [1.54, 1.807) is 18.2 Å². The molecule has 0 spiro atoms. The fraction of sp³-hybridized carbons (Fsp3) is 0.154. The Labute approximate surface area is 117 Å². The number of hydrogen-bond donors (Lipinski definition) is 1. The van der Waals surface area contributed by atoms with Crippen molar-refractivity contribution in [3.8, 4) is 0 Å². The van der Waals surface area contributed by atoms with Gasteiger partial charge in [0, 0.05) is 6.54 Å². The summed E-state index contributed by atoms with van der Waals surface area (Å²) in [7, 11) is 0. The van der Waals surface area contributed by atoms with Gasteiger partial charge in [0.1, 0.15) is 12.1 Å². The van der Waals surface area contributed by atoms with Gasteiger partial charge in [-0.15, -0.1) is 15.3 Å². The molecule has 0 saturated carbocycles. The van der Waals surface area contributed by atoms with E-state index in [-0.39, 0.29) is 6.54 Å². The number of fused-ring (bicyclic) bond motifs is 1. The van der Waals surface area contributed by atoms with Crippen LogP contribution in [0.5, 0.6) is 0 Å². The largest absolute Gasteiger partial charge is 0.416 e. The predicted molar refractivity (Wildman–Crippen MR) is 69.6 cm³/mol. The first-order valence-corrected chi connectivity index (χ1v) is 6.09. The van der Waals surface area contributed by atoms with E-state index in [0.29, 0.717) is 17.0 Å². The van der Waals surface area contributed by atoms with Crippen molar-refractivity contribution >= 4 is 11.5 Å². The average molecular weight is 293 g/mol. The molecule has 21 heavy (non-hydrogen) atoms. The minimum Gasteiger partial charge on any atom is -0.365 e. The number of aromatic nitrogens is 4. The van der Waals surface area contributed by atoms with Crippen molar-refractivity contribution in [3.63, 3.8) is 0 Å². The maximum absolute atomic E-state index is 12.6. The Morgan fingerprint density at radius 1 is 1.14 bits per heavy atom. The van der Waals surface area contributed by atoms with Crippen molar-refractivity contribution < 1.29 is 13.2 Å². The number of hydrogen-bond acceptors (Lipinski definition) is 4. The third kappa shape index (κ3) is 2.93. The molecule has 108 valence electrons. The molecule has 0 fully saturated rings. The van der Waals surface area contributed by atoms with E-state index in [1.165, 1.54) is 16.9 Å². The van der Waals surface area contributed by atoms with Crippen molar-refractivity contribution in [1.82, 2.24) is 19.8 Å². The van der Waals surface area contributed by atoms with E-state index in [0.717, 1.165) is 12.1 Å². The first kappa shape index (κ1) is 13.3. The second kappa shape index (κ2) is 5.04. The van der Waals surface area contributed by atoms with Gasteiger partial charge < -0.3 is 5.32 Å². The molecule has 5 nitrogen and oxygen atoms in total. The summed E-state index contributed by atoms with van der Waals surface area (Å²) in [6.07, 6.45) is -2.89. The summed E-state index contributed by atoms with van der Waals surface area (Å²) in [4.78, 5) is 0. The van der Waals surface area contributed by atoms with Crippen molar-refractivity contribution in [2.75, 3.05) is 5.32 Å². The molecule has 8 heteroatoms. The van der Waals surface area contributed by atoms with E-state index in [9.17, 15) is 13.2 Å². The van der Waals surface area contributed by atoms with Crippen molar-refractivity contribution in [2.24, 2.45) is 0 Å². The normalized spacial score (nSPS) is 11.8. The molecular weight excluding hydrogens is 283 g/mol. The van der Waals surface area contributed by atoms with E-state index in [1.807, 2.05) is 0 Å². The summed E-state index contributed by atoms with van der Waals surface area (Å²) in [5, 5.41) is 14.7. The number of halogens is 3. The smallest absolute Gasteiger partial charge is 0.365 e. The fourth-order valence-electron chi connectivity index (χ4n) is 1.87. The van der Waals surface area contributed by atoms with Gasteiger partial charge in [0.15, 0.2) is 5.65 Å². The Bertz CT molecular complexity index is 766. The first-order valence-electron chi connectivity index (χ1n) is 6.09. The second-order valence-corrected chi connectivity index (χ2v) is 4.40.